The SMILES string of the molecule is O=C(O)C(F)c1nnc2n1CCOC2. The number of carboxylic acids is 1. The number of alkyl halides is 1. The monoisotopic (exact) mass is 201 g/mol. The van der Waals surface area contributed by atoms with E-state index in [9.17, 15) is 9.18 Å². The van der Waals surface area contributed by atoms with Crippen molar-refractivity contribution in [1.29, 1.82) is 0 Å². The van der Waals surface area contributed by atoms with Crippen LogP contribution in [0.3, 0.4) is 0 Å². The van der Waals surface area contributed by atoms with Crippen LogP contribution in [-0.4, -0.2) is 32.4 Å². The zero-order valence-electron chi connectivity index (χ0n) is 7.18. The molecule has 2 heterocycles. The van der Waals surface area contributed by atoms with Crippen molar-refractivity contribution in [2.24, 2.45) is 0 Å². The molecule has 0 amide bonds. The third-order valence-electron chi connectivity index (χ3n) is 1.99. The first kappa shape index (κ1) is 9.07. The summed E-state index contributed by atoms with van der Waals surface area (Å²) in [6.45, 7) is 1.06. The molecular weight excluding hydrogens is 193 g/mol. The smallest absolute Gasteiger partial charge is 0.346 e. The maximum atomic E-state index is 13.1. The Hall–Kier alpha value is -1.50. The fourth-order valence-electron chi connectivity index (χ4n) is 1.32. The second kappa shape index (κ2) is 3.33. The summed E-state index contributed by atoms with van der Waals surface area (Å²) in [4.78, 5) is 10.4. The minimum atomic E-state index is -2.12. The van der Waals surface area contributed by atoms with E-state index in [0.717, 1.165) is 0 Å². The number of fused-ring (bicyclic) bond motifs is 1. The van der Waals surface area contributed by atoms with Gasteiger partial charge in [0.2, 0.25) is 0 Å². The van der Waals surface area contributed by atoms with Gasteiger partial charge in [-0.05, 0) is 0 Å². The van der Waals surface area contributed by atoms with Gasteiger partial charge in [0.05, 0.1) is 6.61 Å². The van der Waals surface area contributed by atoms with E-state index in [1.807, 2.05) is 0 Å². The van der Waals surface area contributed by atoms with Gasteiger partial charge in [0.1, 0.15) is 6.61 Å². The highest BCUT2D eigenvalue weighted by atomic mass is 19.1. The number of rotatable bonds is 2. The highest BCUT2D eigenvalue weighted by molar-refractivity contribution is 5.72. The molecule has 1 atom stereocenters. The molecule has 0 aromatic carbocycles. The summed E-state index contributed by atoms with van der Waals surface area (Å²) >= 11 is 0. The number of nitrogens with zero attached hydrogens (tertiary/aromatic N) is 3. The molecule has 0 saturated carbocycles. The van der Waals surface area contributed by atoms with Gasteiger partial charge in [0.15, 0.2) is 11.6 Å². The lowest BCUT2D eigenvalue weighted by atomic mass is 10.3. The Bertz CT molecular complexity index is 365. The third kappa shape index (κ3) is 1.35. The van der Waals surface area contributed by atoms with E-state index in [0.29, 0.717) is 19.0 Å². The van der Waals surface area contributed by atoms with E-state index in [4.69, 9.17) is 9.84 Å². The number of carbonyl (C=O) groups is 1. The molecule has 7 heteroatoms. The molecule has 1 aromatic rings. The van der Waals surface area contributed by atoms with E-state index in [2.05, 4.69) is 10.2 Å². The van der Waals surface area contributed by atoms with Gasteiger partial charge >= 0.3 is 5.97 Å². The Morgan fingerprint density at radius 2 is 2.43 bits per heavy atom. The van der Waals surface area contributed by atoms with Crippen LogP contribution in [0.15, 0.2) is 0 Å². The molecule has 0 bridgehead atoms. The highest BCUT2D eigenvalue weighted by Crippen LogP contribution is 2.18. The molecule has 1 aromatic heterocycles. The van der Waals surface area contributed by atoms with Gasteiger partial charge in [-0.25, -0.2) is 9.18 Å². The predicted molar refractivity (Wildman–Crippen MR) is 41.2 cm³/mol. The Kier molecular flexibility index (Phi) is 2.16. The molecule has 0 saturated heterocycles. The number of hydrogen-bond donors (Lipinski definition) is 1. The van der Waals surface area contributed by atoms with E-state index in [-0.39, 0.29) is 12.4 Å². The highest BCUT2D eigenvalue weighted by Gasteiger charge is 2.27. The standard InChI is InChI=1S/C7H8FN3O3/c8-5(7(12)13)6-10-9-4-3-14-2-1-11(4)6/h5H,1-3H2,(H,12,13). The molecule has 1 unspecified atom stereocenters. The van der Waals surface area contributed by atoms with Crippen LogP contribution in [0, 0.1) is 0 Å². The van der Waals surface area contributed by atoms with Crippen molar-refractivity contribution in [3.8, 4) is 0 Å². The summed E-state index contributed by atoms with van der Waals surface area (Å²) < 4.78 is 19.6. The first-order chi connectivity index (χ1) is 6.70. The van der Waals surface area contributed by atoms with Crippen molar-refractivity contribution in [2.45, 2.75) is 19.3 Å². The van der Waals surface area contributed by atoms with Gasteiger partial charge in [-0.3, -0.25) is 0 Å². The Balaban J connectivity index is 2.34. The maximum absolute atomic E-state index is 13.1. The summed E-state index contributed by atoms with van der Waals surface area (Å²) in [5.41, 5.74) is 0. The van der Waals surface area contributed by atoms with Gasteiger partial charge in [0.25, 0.3) is 6.17 Å². The second-order valence-corrected chi connectivity index (χ2v) is 2.88. The number of ether oxygens (including phenoxy) is 1. The van der Waals surface area contributed by atoms with E-state index < -0.39 is 12.1 Å². The fraction of sp³-hybridized carbons (Fsp3) is 0.571. The topological polar surface area (TPSA) is 77.2 Å². The van der Waals surface area contributed by atoms with Gasteiger partial charge in [-0.15, -0.1) is 10.2 Å². The summed E-state index contributed by atoms with van der Waals surface area (Å²) in [6, 6.07) is 0. The van der Waals surface area contributed by atoms with Crippen molar-refractivity contribution in [1.82, 2.24) is 14.8 Å². The molecule has 2 rings (SSSR count). The van der Waals surface area contributed by atoms with Gasteiger partial charge in [-0.1, -0.05) is 0 Å². The average molecular weight is 201 g/mol. The molecule has 0 aliphatic carbocycles. The maximum Gasteiger partial charge on any atom is 0.346 e. The van der Waals surface area contributed by atoms with Crippen LogP contribution >= 0.6 is 0 Å². The quantitative estimate of drug-likeness (QED) is 0.723. The van der Waals surface area contributed by atoms with Gasteiger partial charge in [0, 0.05) is 6.54 Å². The molecule has 6 nitrogen and oxygen atoms in total. The molecule has 1 aliphatic rings. The minimum Gasteiger partial charge on any atom is -0.479 e. The summed E-state index contributed by atoms with van der Waals surface area (Å²) in [7, 11) is 0. The van der Waals surface area contributed by atoms with Crippen molar-refractivity contribution in [2.75, 3.05) is 6.61 Å². The molecule has 1 aliphatic heterocycles. The van der Waals surface area contributed by atoms with E-state index in [1.165, 1.54) is 4.57 Å². The zero-order chi connectivity index (χ0) is 10.1. The number of halogens is 1. The molecule has 0 fully saturated rings. The molecule has 0 spiro atoms. The molecule has 1 N–H and O–H groups in total. The second-order valence-electron chi connectivity index (χ2n) is 2.88. The lowest BCUT2D eigenvalue weighted by Crippen LogP contribution is -2.21. The van der Waals surface area contributed by atoms with Crippen molar-refractivity contribution < 1.29 is 19.0 Å². The Morgan fingerprint density at radius 3 is 3.14 bits per heavy atom. The van der Waals surface area contributed by atoms with Crippen LogP contribution in [0.1, 0.15) is 17.8 Å². The van der Waals surface area contributed by atoms with Crippen LogP contribution in [0.5, 0.6) is 0 Å². The lowest BCUT2D eigenvalue weighted by Gasteiger charge is -2.15. The molecule has 76 valence electrons. The first-order valence-electron chi connectivity index (χ1n) is 4.06. The predicted octanol–water partition coefficient (Wildman–Crippen LogP) is -0.0965. The van der Waals surface area contributed by atoms with Crippen LogP contribution in [0.25, 0.3) is 0 Å². The van der Waals surface area contributed by atoms with Crippen LogP contribution in [0.4, 0.5) is 4.39 Å². The summed E-state index contributed by atoms with van der Waals surface area (Å²) in [5.74, 6) is -1.24. The molecule has 14 heavy (non-hydrogen) atoms. The van der Waals surface area contributed by atoms with Crippen LogP contribution < -0.4 is 0 Å². The van der Waals surface area contributed by atoms with E-state index in [1.54, 1.807) is 0 Å². The number of aliphatic carboxylic acids is 1. The minimum absolute atomic E-state index is 0.157. The molecule has 0 radical (unpaired) electrons. The largest absolute Gasteiger partial charge is 0.479 e. The Morgan fingerprint density at radius 1 is 1.64 bits per heavy atom. The molecular formula is C7H8FN3O3. The number of aromatic nitrogens is 3. The normalized spacial score (nSPS) is 17.5. The first-order valence-corrected chi connectivity index (χ1v) is 4.06. The summed E-state index contributed by atoms with van der Waals surface area (Å²) in [5, 5.41) is 15.6. The number of hydrogen-bond acceptors (Lipinski definition) is 4. The van der Waals surface area contributed by atoms with Gasteiger partial charge in [-0.2, -0.15) is 0 Å². The summed E-state index contributed by atoms with van der Waals surface area (Å²) in [6.07, 6.45) is -2.12. The van der Waals surface area contributed by atoms with Crippen LogP contribution in [0.2, 0.25) is 0 Å². The lowest BCUT2D eigenvalue weighted by molar-refractivity contribution is -0.143. The van der Waals surface area contributed by atoms with Crippen molar-refractivity contribution in [3.05, 3.63) is 11.6 Å². The average Bonchev–Trinajstić information content (AvgIpc) is 2.60. The van der Waals surface area contributed by atoms with Crippen molar-refractivity contribution in [3.63, 3.8) is 0 Å². The zero-order valence-corrected chi connectivity index (χ0v) is 7.18. The third-order valence-corrected chi connectivity index (χ3v) is 1.99. The Labute approximate surface area is 78.3 Å². The number of carboxylic acid groups (broad SMARTS) is 1. The fourth-order valence-corrected chi connectivity index (χ4v) is 1.32. The van der Waals surface area contributed by atoms with Crippen LogP contribution in [-0.2, 0) is 22.7 Å². The van der Waals surface area contributed by atoms with Crippen molar-refractivity contribution >= 4 is 5.97 Å². The van der Waals surface area contributed by atoms with E-state index >= 15 is 0 Å². The van der Waals surface area contributed by atoms with Gasteiger partial charge < -0.3 is 14.4 Å².